The quantitative estimate of drug-likeness (QED) is 0.626. The maximum Gasteiger partial charge on any atom is 0.230 e. The second-order valence-corrected chi connectivity index (χ2v) is 8.09. The van der Waals surface area contributed by atoms with E-state index >= 15 is 0 Å². The Morgan fingerprint density at radius 2 is 1.96 bits per heavy atom. The van der Waals surface area contributed by atoms with Crippen LogP contribution in [0, 0.1) is 6.92 Å². The highest BCUT2D eigenvalue weighted by molar-refractivity contribution is 7.99. The van der Waals surface area contributed by atoms with Crippen molar-refractivity contribution in [2.75, 3.05) is 5.75 Å². The van der Waals surface area contributed by atoms with E-state index in [-0.39, 0.29) is 5.91 Å². The lowest BCUT2D eigenvalue weighted by Gasteiger charge is -2.22. The zero-order valence-electron chi connectivity index (χ0n) is 15.9. The first kappa shape index (κ1) is 18.8. The summed E-state index contributed by atoms with van der Waals surface area (Å²) in [6.07, 6.45) is 7.46. The zero-order valence-corrected chi connectivity index (χ0v) is 16.7. The summed E-state index contributed by atoms with van der Waals surface area (Å²) in [7, 11) is 0. The van der Waals surface area contributed by atoms with Gasteiger partial charge in [-0.15, -0.1) is 10.2 Å². The molecule has 1 fully saturated rings. The Kier molecular flexibility index (Phi) is 5.81. The third-order valence-corrected chi connectivity index (χ3v) is 5.90. The number of aryl methyl sites for hydroxylation is 1. The summed E-state index contributed by atoms with van der Waals surface area (Å²) in [6, 6.07) is 12.1. The molecule has 1 aromatic carbocycles. The van der Waals surface area contributed by atoms with E-state index in [1.54, 1.807) is 6.26 Å². The first-order valence-electron chi connectivity index (χ1n) is 9.69. The molecule has 0 spiro atoms. The minimum absolute atomic E-state index is 0.0508. The molecule has 0 atom stereocenters. The van der Waals surface area contributed by atoms with Crippen LogP contribution in [0.1, 0.15) is 37.7 Å². The van der Waals surface area contributed by atoms with E-state index in [0.29, 0.717) is 28.5 Å². The van der Waals surface area contributed by atoms with Gasteiger partial charge in [0.2, 0.25) is 11.7 Å². The number of nitrogens with one attached hydrogen (secondary N) is 1. The van der Waals surface area contributed by atoms with E-state index in [4.69, 9.17) is 4.42 Å². The Morgan fingerprint density at radius 1 is 1.18 bits per heavy atom. The number of aromatic nitrogens is 3. The molecule has 0 bridgehead atoms. The van der Waals surface area contributed by atoms with Crippen LogP contribution in [0.15, 0.2) is 52.2 Å². The monoisotopic (exact) mass is 396 g/mol. The summed E-state index contributed by atoms with van der Waals surface area (Å²) < 4.78 is 7.47. The molecule has 7 heteroatoms. The van der Waals surface area contributed by atoms with Gasteiger partial charge in [-0.05, 0) is 44.0 Å². The smallest absolute Gasteiger partial charge is 0.230 e. The lowest BCUT2D eigenvalue weighted by atomic mass is 9.95. The molecule has 0 radical (unpaired) electrons. The van der Waals surface area contributed by atoms with Crippen molar-refractivity contribution < 1.29 is 9.21 Å². The Hall–Kier alpha value is -2.54. The van der Waals surface area contributed by atoms with Crippen molar-refractivity contribution >= 4 is 17.7 Å². The predicted molar refractivity (Wildman–Crippen MR) is 110 cm³/mol. The van der Waals surface area contributed by atoms with Crippen molar-refractivity contribution in [3.05, 3.63) is 48.2 Å². The fraction of sp³-hybridized carbons (Fsp3) is 0.381. The number of furan rings is 1. The van der Waals surface area contributed by atoms with Crippen molar-refractivity contribution in [3.8, 4) is 17.3 Å². The molecule has 1 saturated carbocycles. The van der Waals surface area contributed by atoms with E-state index in [0.717, 1.165) is 18.5 Å². The number of rotatable bonds is 6. The van der Waals surface area contributed by atoms with Crippen molar-refractivity contribution in [2.24, 2.45) is 0 Å². The van der Waals surface area contributed by atoms with E-state index < -0.39 is 0 Å². The molecule has 0 aliphatic heterocycles. The highest BCUT2D eigenvalue weighted by Crippen LogP contribution is 2.28. The normalized spacial score (nSPS) is 14.9. The Morgan fingerprint density at radius 3 is 2.68 bits per heavy atom. The van der Waals surface area contributed by atoms with Gasteiger partial charge < -0.3 is 9.73 Å². The van der Waals surface area contributed by atoms with E-state index in [1.807, 2.05) is 41.0 Å². The number of hydrogen-bond acceptors (Lipinski definition) is 5. The molecule has 146 valence electrons. The third kappa shape index (κ3) is 4.30. The predicted octanol–water partition coefficient (Wildman–Crippen LogP) is 4.38. The lowest BCUT2D eigenvalue weighted by molar-refractivity contribution is -0.119. The molecule has 0 unspecified atom stereocenters. The van der Waals surface area contributed by atoms with Crippen LogP contribution in [0.25, 0.3) is 17.3 Å². The molecule has 3 aromatic rings. The SMILES string of the molecule is Cc1ccc(-n2c(SCC(=O)NC3CCCCC3)nnc2-c2ccco2)cc1. The van der Waals surface area contributed by atoms with Crippen molar-refractivity contribution in [1.29, 1.82) is 0 Å². The Bertz CT molecular complexity index is 913. The van der Waals surface area contributed by atoms with Crippen LogP contribution in [0.3, 0.4) is 0 Å². The van der Waals surface area contributed by atoms with Gasteiger partial charge in [-0.3, -0.25) is 9.36 Å². The van der Waals surface area contributed by atoms with Gasteiger partial charge >= 0.3 is 0 Å². The second-order valence-electron chi connectivity index (χ2n) is 7.15. The van der Waals surface area contributed by atoms with Gasteiger partial charge in [0.1, 0.15) is 0 Å². The molecule has 1 aliphatic carbocycles. The van der Waals surface area contributed by atoms with Crippen LogP contribution in [0.4, 0.5) is 0 Å². The van der Waals surface area contributed by atoms with Gasteiger partial charge in [0.15, 0.2) is 10.9 Å². The van der Waals surface area contributed by atoms with Gasteiger partial charge in [-0.2, -0.15) is 0 Å². The van der Waals surface area contributed by atoms with E-state index in [2.05, 4.69) is 22.4 Å². The van der Waals surface area contributed by atoms with Crippen molar-refractivity contribution in [2.45, 2.75) is 50.2 Å². The number of carbonyl (C=O) groups excluding carboxylic acids is 1. The Balaban J connectivity index is 1.53. The summed E-state index contributed by atoms with van der Waals surface area (Å²) in [4.78, 5) is 12.4. The number of thioether (sulfide) groups is 1. The minimum Gasteiger partial charge on any atom is -0.461 e. The highest BCUT2D eigenvalue weighted by Gasteiger charge is 2.20. The average Bonchev–Trinajstić information content (AvgIpc) is 3.37. The van der Waals surface area contributed by atoms with Crippen LogP contribution in [-0.4, -0.2) is 32.5 Å². The maximum absolute atomic E-state index is 12.4. The van der Waals surface area contributed by atoms with Crippen LogP contribution in [0.2, 0.25) is 0 Å². The average molecular weight is 397 g/mol. The van der Waals surface area contributed by atoms with Crippen molar-refractivity contribution in [3.63, 3.8) is 0 Å². The number of benzene rings is 1. The molecule has 0 saturated heterocycles. The first-order chi connectivity index (χ1) is 13.7. The molecule has 2 heterocycles. The molecular formula is C21H24N4O2S. The maximum atomic E-state index is 12.4. The topological polar surface area (TPSA) is 73.0 Å². The van der Waals surface area contributed by atoms with Gasteiger partial charge in [-0.1, -0.05) is 48.7 Å². The lowest BCUT2D eigenvalue weighted by Crippen LogP contribution is -2.37. The fourth-order valence-electron chi connectivity index (χ4n) is 3.50. The molecule has 4 rings (SSSR count). The second kappa shape index (κ2) is 8.65. The number of nitrogens with zero attached hydrogens (tertiary/aromatic N) is 3. The fourth-order valence-corrected chi connectivity index (χ4v) is 4.26. The van der Waals surface area contributed by atoms with Crippen LogP contribution < -0.4 is 5.32 Å². The molecule has 1 aliphatic rings. The highest BCUT2D eigenvalue weighted by atomic mass is 32.2. The Labute approximate surface area is 168 Å². The van der Waals surface area contributed by atoms with Gasteiger partial charge in [0.05, 0.1) is 12.0 Å². The summed E-state index contributed by atoms with van der Waals surface area (Å²) >= 11 is 1.40. The van der Waals surface area contributed by atoms with E-state index in [1.165, 1.54) is 36.6 Å². The minimum atomic E-state index is 0.0508. The first-order valence-corrected chi connectivity index (χ1v) is 10.7. The van der Waals surface area contributed by atoms with E-state index in [9.17, 15) is 4.79 Å². The summed E-state index contributed by atoms with van der Waals surface area (Å²) in [5, 5.41) is 12.5. The molecule has 28 heavy (non-hydrogen) atoms. The molecule has 1 N–H and O–H groups in total. The summed E-state index contributed by atoms with van der Waals surface area (Å²) in [6.45, 7) is 2.05. The number of amides is 1. The zero-order chi connectivity index (χ0) is 19.3. The van der Waals surface area contributed by atoms with Crippen LogP contribution in [-0.2, 0) is 4.79 Å². The molecule has 6 nitrogen and oxygen atoms in total. The van der Waals surface area contributed by atoms with Crippen LogP contribution >= 0.6 is 11.8 Å². The molecule has 1 amide bonds. The number of hydrogen-bond donors (Lipinski definition) is 1. The summed E-state index contributed by atoms with van der Waals surface area (Å²) in [5.41, 5.74) is 2.12. The molecule has 2 aromatic heterocycles. The standard InChI is InChI=1S/C21H24N4O2S/c1-15-9-11-17(12-10-15)25-20(18-8-5-13-27-18)23-24-21(25)28-14-19(26)22-16-6-3-2-4-7-16/h5,8-13,16H,2-4,6-7,14H2,1H3,(H,22,26). The van der Waals surface area contributed by atoms with Gasteiger partial charge in [-0.25, -0.2) is 0 Å². The molecular weight excluding hydrogens is 372 g/mol. The largest absolute Gasteiger partial charge is 0.461 e. The van der Waals surface area contributed by atoms with Gasteiger partial charge in [0, 0.05) is 11.7 Å². The number of carbonyl (C=O) groups is 1. The van der Waals surface area contributed by atoms with Gasteiger partial charge in [0.25, 0.3) is 0 Å². The summed E-state index contributed by atoms with van der Waals surface area (Å²) in [5.74, 6) is 1.64. The third-order valence-electron chi connectivity index (χ3n) is 4.97. The van der Waals surface area contributed by atoms with Crippen LogP contribution in [0.5, 0.6) is 0 Å². The van der Waals surface area contributed by atoms with Crippen molar-refractivity contribution in [1.82, 2.24) is 20.1 Å².